The molecule has 0 aliphatic heterocycles. The first-order chi connectivity index (χ1) is 10.9. The second kappa shape index (κ2) is 6.43. The van der Waals surface area contributed by atoms with Gasteiger partial charge in [-0.3, -0.25) is 14.9 Å². The number of rotatable bonds is 4. The van der Waals surface area contributed by atoms with Crippen LogP contribution in [-0.4, -0.2) is 32.4 Å². The van der Waals surface area contributed by atoms with Gasteiger partial charge in [-0.15, -0.1) is 0 Å². The predicted molar refractivity (Wildman–Crippen MR) is 79.6 cm³/mol. The highest BCUT2D eigenvalue weighted by Crippen LogP contribution is 2.35. The third kappa shape index (κ3) is 3.73. The molecule has 4 N–H and O–H groups in total. The van der Waals surface area contributed by atoms with Crippen molar-refractivity contribution < 1.29 is 25.0 Å². The van der Waals surface area contributed by atoms with Crippen LogP contribution in [0, 0.1) is 10.1 Å². The third-order valence-corrected chi connectivity index (χ3v) is 2.79. The minimum absolute atomic E-state index is 0.117. The molecule has 0 fully saturated rings. The predicted octanol–water partition coefficient (Wildman–Crippen LogP) is 1.48. The average Bonchev–Trinajstić information content (AvgIpc) is 2.52. The van der Waals surface area contributed by atoms with Crippen molar-refractivity contribution in [3.8, 4) is 17.2 Å². The Balaban J connectivity index is 2.10. The molecule has 118 valence electrons. The maximum Gasteiger partial charge on any atom is 0.271 e. The maximum absolute atomic E-state index is 11.8. The van der Waals surface area contributed by atoms with Gasteiger partial charge in [0.05, 0.1) is 11.1 Å². The lowest BCUT2D eigenvalue weighted by Gasteiger charge is -2.04. The zero-order chi connectivity index (χ0) is 17.0. The number of amides is 1. The van der Waals surface area contributed by atoms with Gasteiger partial charge >= 0.3 is 0 Å². The largest absolute Gasteiger partial charge is 0.504 e. The van der Waals surface area contributed by atoms with Gasteiger partial charge in [-0.2, -0.15) is 5.10 Å². The molecule has 2 aromatic carbocycles. The fourth-order valence-corrected chi connectivity index (χ4v) is 1.68. The molecule has 1 amide bonds. The van der Waals surface area contributed by atoms with E-state index >= 15 is 0 Å². The van der Waals surface area contributed by atoms with Crippen LogP contribution >= 0.6 is 0 Å². The summed E-state index contributed by atoms with van der Waals surface area (Å²) in [7, 11) is 0. The number of aromatic hydroxyl groups is 3. The Labute approximate surface area is 129 Å². The molecule has 0 aliphatic carbocycles. The van der Waals surface area contributed by atoms with E-state index in [1.54, 1.807) is 6.07 Å². The Hall–Kier alpha value is -3.62. The summed E-state index contributed by atoms with van der Waals surface area (Å²) in [5.74, 6) is -2.80. The van der Waals surface area contributed by atoms with E-state index in [9.17, 15) is 30.2 Å². The van der Waals surface area contributed by atoms with E-state index in [2.05, 4.69) is 10.5 Å². The number of non-ortho nitro benzene ring substituents is 1. The Bertz CT molecular complexity index is 780. The van der Waals surface area contributed by atoms with Crippen molar-refractivity contribution in [1.82, 2.24) is 5.43 Å². The summed E-state index contributed by atoms with van der Waals surface area (Å²) in [6.45, 7) is 0. The molecule has 0 spiro atoms. The van der Waals surface area contributed by atoms with Crippen molar-refractivity contribution >= 4 is 17.8 Å². The standard InChI is InChI=1S/C14H11N3O6/c18-11-5-9(6-12(19)13(11)20)14(21)16-15-7-8-2-1-3-10(4-8)17(22)23/h1-7,18-20H,(H,16,21)/b15-7+. The highest BCUT2D eigenvalue weighted by atomic mass is 16.6. The molecule has 0 heterocycles. The van der Waals surface area contributed by atoms with Crippen LogP contribution in [0.2, 0.25) is 0 Å². The molecular formula is C14H11N3O6. The van der Waals surface area contributed by atoms with Crippen molar-refractivity contribution in [1.29, 1.82) is 0 Å². The molecular weight excluding hydrogens is 306 g/mol. The normalized spacial score (nSPS) is 10.6. The summed E-state index contributed by atoms with van der Waals surface area (Å²) in [6.07, 6.45) is 1.20. The van der Waals surface area contributed by atoms with Crippen LogP contribution in [0.3, 0.4) is 0 Å². The summed E-state index contributed by atoms with van der Waals surface area (Å²) in [5.41, 5.74) is 2.28. The Morgan fingerprint density at radius 2 is 1.83 bits per heavy atom. The number of hydrogen-bond donors (Lipinski definition) is 4. The minimum Gasteiger partial charge on any atom is -0.504 e. The first-order valence-corrected chi connectivity index (χ1v) is 6.21. The number of carbonyl (C=O) groups excluding carboxylic acids is 1. The Morgan fingerprint density at radius 3 is 2.43 bits per heavy atom. The van der Waals surface area contributed by atoms with Crippen LogP contribution in [-0.2, 0) is 0 Å². The highest BCUT2D eigenvalue weighted by Gasteiger charge is 2.13. The SMILES string of the molecule is O=C(N/N=C/c1cccc([N+](=O)[O-])c1)c1cc(O)c(O)c(O)c1. The summed E-state index contributed by atoms with van der Waals surface area (Å²) in [6, 6.07) is 7.52. The molecule has 0 unspecified atom stereocenters. The monoisotopic (exact) mass is 317 g/mol. The smallest absolute Gasteiger partial charge is 0.271 e. The van der Waals surface area contributed by atoms with Crippen molar-refractivity contribution in [3.63, 3.8) is 0 Å². The molecule has 9 nitrogen and oxygen atoms in total. The van der Waals surface area contributed by atoms with Crippen LogP contribution in [0.5, 0.6) is 17.2 Å². The van der Waals surface area contributed by atoms with E-state index in [4.69, 9.17) is 0 Å². The lowest BCUT2D eigenvalue weighted by Crippen LogP contribution is -2.17. The maximum atomic E-state index is 11.8. The van der Waals surface area contributed by atoms with Gasteiger partial charge in [-0.05, 0) is 12.1 Å². The number of nitro benzene ring substituents is 1. The first kappa shape index (κ1) is 15.8. The van der Waals surface area contributed by atoms with Crippen LogP contribution in [0.25, 0.3) is 0 Å². The topological polar surface area (TPSA) is 145 Å². The number of phenols is 3. The van der Waals surface area contributed by atoms with E-state index in [0.29, 0.717) is 5.56 Å². The Morgan fingerprint density at radius 1 is 1.17 bits per heavy atom. The molecule has 0 atom stereocenters. The number of hydrazone groups is 1. The van der Waals surface area contributed by atoms with E-state index in [1.807, 2.05) is 0 Å². The van der Waals surface area contributed by atoms with Crippen LogP contribution < -0.4 is 5.43 Å². The van der Waals surface area contributed by atoms with Crippen molar-refractivity contribution in [2.24, 2.45) is 5.10 Å². The van der Waals surface area contributed by atoms with Gasteiger partial charge in [-0.1, -0.05) is 12.1 Å². The van der Waals surface area contributed by atoms with Gasteiger partial charge < -0.3 is 15.3 Å². The van der Waals surface area contributed by atoms with Crippen LogP contribution in [0.15, 0.2) is 41.5 Å². The second-order valence-corrected chi connectivity index (χ2v) is 4.41. The second-order valence-electron chi connectivity index (χ2n) is 4.41. The number of nitrogens with zero attached hydrogens (tertiary/aromatic N) is 2. The number of nitro groups is 1. The molecule has 0 aliphatic rings. The quantitative estimate of drug-likeness (QED) is 0.291. The van der Waals surface area contributed by atoms with Gasteiger partial charge in [-0.25, -0.2) is 5.43 Å². The van der Waals surface area contributed by atoms with Gasteiger partial charge in [0.2, 0.25) is 0 Å². The summed E-state index contributed by atoms with van der Waals surface area (Å²) in [5, 5.41) is 42.1. The van der Waals surface area contributed by atoms with Crippen LogP contribution in [0.1, 0.15) is 15.9 Å². The molecule has 0 radical (unpaired) electrons. The summed E-state index contributed by atoms with van der Waals surface area (Å²) in [4.78, 5) is 21.9. The van der Waals surface area contributed by atoms with E-state index in [0.717, 1.165) is 12.1 Å². The third-order valence-electron chi connectivity index (χ3n) is 2.79. The van der Waals surface area contributed by atoms with Gasteiger partial charge in [0, 0.05) is 23.3 Å². The summed E-state index contributed by atoms with van der Waals surface area (Å²) >= 11 is 0. The van der Waals surface area contributed by atoms with Gasteiger partial charge in [0.1, 0.15) is 0 Å². The molecule has 0 aromatic heterocycles. The van der Waals surface area contributed by atoms with Gasteiger partial charge in [0.25, 0.3) is 11.6 Å². The minimum atomic E-state index is -0.753. The van der Waals surface area contributed by atoms with Crippen molar-refractivity contribution in [2.45, 2.75) is 0 Å². The van der Waals surface area contributed by atoms with Crippen molar-refractivity contribution in [2.75, 3.05) is 0 Å². The summed E-state index contributed by atoms with van der Waals surface area (Å²) < 4.78 is 0. The van der Waals surface area contributed by atoms with Gasteiger partial charge in [0.15, 0.2) is 17.2 Å². The molecule has 23 heavy (non-hydrogen) atoms. The number of phenolic OH excluding ortho intramolecular Hbond substituents is 3. The van der Waals surface area contributed by atoms with E-state index in [1.165, 1.54) is 24.4 Å². The highest BCUT2D eigenvalue weighted by molar-refractivity contribution is 5.96. The molecule has 0 saturated heterocycles. The zero-order valence-corrected chi connectivity index (χ0v) is 11.5. The molecule has 9 heteroatoms. The number of carbonyl (C=O) groups is 1. The van der Waals surface area contributed by atoms with E-state index < -0.39 is 28.1 Å². The van der Waals surface area contributed by atoms with Crippen molar-refractivity contribution in [3.05, 3.63) is 57.6 Å². The molecule has 0 bridgehead atoms. The zero-order valence-electron chi connectivity index (χ0n) is 11.5. The first-order valence-electron chi connectivity index (χ1n) is 6.21. The Kier molecular flexibility index (Phi) is 4.41. The fourth-order valence-electron chi connectivity index (χ4n) is 1.68. The fraction of sp³-hybridized carbons (Fsp3) is 0. The lowest BCUT2D eigenvalue weighted by molar-refractivity contribution is -0.384. The number of hydrogen-bond acceptors (Lipinski definition) is 7. The number of benzene rings is 2. The average molecular weight is 317 g/mol. The molecule has 2 rings (SSSR count). The lowest BCUT2D eigenvalue weighted by atomic mass is 10.2. The molecule has 0 saturated carbocycles. The van der Waals surface area contributed by atoms with E-state index in [-0.39, 0.29) is 11.3 Å². The number of nitrogens with one attached hydrogen (secondary N) is 1. The van der Waals surface area contributed by atoms with Crippen LogP contribution in [0.4, 0.5) is 5.69 Å². The molecule has 2 aromatic rings.